The van der Waals surface area contributed by atoms with Crippen LogP contribution in [0.4, 0.5) is 0 Å². The number of aromatic nitrogens is 4. The predicted octanol–water partition coefficient (Wildman–Crippen LogP) is 4.93. The van der Waals surface area contributed by atoms with Gasteiger partial charge in [-0.1, -0.05) is 59.6 Å². The molecule has 0 saturated carbocycles. The number of hydrogen-bond acceptors (Lipinski definition) is 9. The van der Waals surface area contributed by atoms with Crippen LogP contribution in [0, 0.1) is 5.92 Å². The van der Waals surface area contributed by atoms with Crippen LogP contribution in [0.25, 0.3) is 33.6 Å². The number of halogens is 2. The molecule has 5 rings (SSSR count). The van der Waals surface area contributed by atoms with E-state index in [2.05, 4.69) is 30.9 Å². The molecule has 1 amide bonds. The largest absolute Gasteiger partial charge is 0.480 e. The summed E-state index contributed by atoms with van der Waals surface area (Å²) in [6.07, 6.45) is 4.86. The lowest BCUT2D eigenvalue weighted by Crippen LogP contribution is -2.20. The summed E-state index contributed by atoms with van der Waals surface area (Å²) >= 11 is 14.0. The third-order valence-electron chi connectivity index (χ3n) is 7.28. The Morgan fingerprint density at radius 3 is 1.88 bits per heavy atom. The molecular weight excluding hydrogens is 589 g/mol. The van der Waals surface area contributed by atoms with Gasteiger partial charge in [-0.3, -0.25) is 14.8 Å². The maximum Gasteiger partial charge on any atom is 0.237 e. The van der Waals surface area contributed by atoms with Crippen LogP contribution in [0.3, 0.4) is 0 Å². The molecule has 3 heterocycles. The molecule has 1 saturated heterocycles. The molecule has 3 N–H and O–H groups in total. The zero-order valence-electron chi connectivity index (χ0n) is 24.2. The van der Waals surface area contributed by atoms with Crippen LogP contribution in [0.5, 0.6) is 11.8 Å². The van der Waals surface area contributed by atoms with Crippen molar-refractivity contribution in [2.75, 3.05) is 34.4 Å². The van der Waals surface area contributed by atoms with Gasteiger partial charge in [0.25, 0.3) is 0 Å². The molecule has 0 aliphatic carbocycles. The van der Waals surface area contributed by atoms with Gasteiger partial charge >= 0.3 is 0 Å². The summed E-state index contributed by atoms with van der Waals surface area (Å²) < 4.78 is 11.0. The average Bonchev–Trinajstić information content (AvgIpc) is 3.45. The van der Waals surface area contributed by atoms with E-state index < -0.39 is 0 Å². The third kappa shape index (κ3) is 6.88. The summed E-state index contributed by atoms with van der Waals surface area (Å²) in [5, 5.41) is 10.3. The van der Waals surface area contributed by atoms with Crippen LogP contribution in [-0.4, -0.2) is 60.2 Å². The highest BCUT2D eigenvalue weighted by molar-refractivity contribution is 6.39. The summed E-state index contributed by atoms with van der Waals surface area (Å²) in [6, 6.07) is 11.4. The Morgan fingerprint density at radius 2 is 1.40 bits per heavy atom. The maximum atomic E-state index is 11.4. The smallest absolute Gasteiger partial charge is 0.237 e. The van der Waals surface area contributed by atoms with Crippen molar-refractivity contribution in [3.05, 3.63) is 70.2 Å². The van der Waals surface area contributed by atoms with Gasteiger partial charge in [0, 0.05) is 48.3 Å². The van der Waals surface area contributed by atoms with Crippen molar-refractivity contribution < 1.29 is 14.3 Å². The Morgan fingerprint density at radius 1 is 0.860 bits per heavy atom. The second-order valence-corrected chi connectivity index (χ2v) is 10.9. The number of carbonyl (C=O) groups excluding carboxylic acids is 1. The SMILES string of the molecule is CNCc1ncc(-c2cccc(-c3cccc(-c4cnc(CNCCC5CNC(=O)C5)c(OC)n4)c3Cl)c2Cl)nc1OC. The van der Waals surface area contributed by atoms with Gasteiger partial charge in [-0.25, -0.2) is 9.97 Å². The van der Waals surface area contributed by atoms with Gasteiger partial charge in [0.05, 0.1) is 48.0 Å². The fourth-order valence-corrected chi connectivity index (χ4v) is 5.70. The van der Waals surface area contributed by atoms with Crippen molar-refractivity contribution in [2.45, 2.75) is 25.9 Å². The lowest BCUT2D eigenvalue weighted by Gasteiger charge is -2.15. The molecule has 10 nitrogen and oxygen atoms in total. The molecule has 1 aliphatic heterocycles. The highest BCUT2D eigenvalue weighted by Crippen LogP contribution is 2.42. The molecule has 1 unspecified atom stereocenters. The van der Waals surface area contributed by atoms with E-state index in [1.54, 1.807) is 26.6 Å². The van der Waals surface area contributed by atoms with Crippen LogP contribution in [0.15, 0.2) is 48.8 Å². The van der Waals surface area contributed by atoms with Crippen LogP contribution in [0.2, 0.25) is 10.0 Å². The van der Waals surface area contributed by atoms with E-state index in [0.29, 0.717) is 81.1 Å². The van der Waals surface area contributed by atoms with Gasteiger partial charge in [0.2, 0.25) is 17.7 Å². The maximum absolute atomic E-state index is 11.4. The van der Waals surface area contributed by atoms with Crippen LogP contribution in [0.1, 0.15) is 24.2 Å². The zero-order valence-corrected chi connectivity index (χ0v) is 25.7. The molecule has 0 spiro atoms. The van der Waals surface area contributed by atoms with Gasteiger partial charge in [-0.15, -0.1) is 0 Å². The van der Waals surface area contributed by atoms with E-state index >= 15 is 0 Å². The first-order valence-electron chi connectivity index (χ1n) is 13.9. The first-order valence-corrected chi connectivity index (χ1v) is 14.7. The lowest BCUT2D eigenvalue weighted by molar-refractivity contribution is -0.119. The van der Waals surface area contributed by atoms with Crippen LogP contribution < -0.4 is 25.4 Å². The highest BCUT2D eigenvalue weighted by atomic mass is 35.5. The molecule has 1 atom stereocenters. The average molecular weight is 623 g/mol. The van der Waals surface area contributed by atoms with E-state index in [0.717, 1.165) is 30.6 Å². The van der Waals surface area contributed by atoms with Crippen molar-refractivity contribution in [2.24, 2.45) is 5.92 Å². The molecule has 0 radical (unpaired) electrons. The van der Waals surface area contributed by atoms with Gasteiger partial charge in [0.15, 0.2) is 0 Å². The Balaban J connectivity index is 1.38. The van der Waals surface area contributed by atoms with E-state index in [1.807, 2.05) is 43.4 Å². The highest BCUT2D eigenvalue weighted by Gasteiger charge is 2.21. The monoisotopic (exact) mass is 621 g/mol. The van der Waals surface area contributed by atoms with Crippen molar-refractivity contribution in [1.29, 1.82) is 0 Å². The molecular formula is C31H33Cl2N7O3. The van der Waals surface area contributed by atoms with E-state index in [1.165, 1.54) is 0 Å². The van der Waals surface area contributed by atoms with E-state index in [-0.39, 0.29) is 5.91 Å². The summed E-state index contributed by atoms with van der Waals surface area (Å²) in [5.74, 6) is 1.33. The van der Waals surface area contributed by atoms with Crippen molar-refractivity contribution >= 4 is 29.1 Å². The van der Waals surface area contributed by atoms with Crippen molar-refractivity contribution in [1.82, 2.24) is 35.9 Å². The van der Waals surface area contributed by atoms with Crippen LogP contribution >= 0.6 is 23.2 Å². The Bertz CT molecular complexity index is 1620. The number of benzene rings is 2. The standard InChI is InChI=1S/C31H33Cl2N7O3/c1-34-14-25-30(42-2)39-23(16-36-25)21-8-4-6-19(28(21)32)20-7-5-9-22(29(20)33)24-17-37-26(31(40-24)43-3)15-35-11-10-18-12-27(41)38-13-18/h4-9,16-18,34-35H,10-15H2,1-3H3,(H,38,41). The molecule has 43 heavy (non-hydrogen) atoms. The number of rotatable bonds is 12. The fraction of sp³-hybridized carbons (Fsp3) is 0.323. The minimum Gasteiger partial charge on any atom is -0.480 e. The molecule has 12 heteroatoms. The quantitative estimate of drug-likeness (QED) is 0.189. The number of nitrogens with one attached hydrogen (secondary N) is 3. The normalized spacial score (nSPS) is 14.5. The number of amides is 1. The number of methoxy groups -OCH3 is 2. The molecule has 2 aromatic heterocycles. The minimum absolute atomic E-state index is 0.121. The summed E-state index contributed by atoms with van der Waals surface area (Å²) in [6.45, 7) is 2.52. The van der Waals surface area contributed by atoms with Gasteiger partial charge in [-0.2, -0.15) is 0 Å². The van der Waals surface area contributed by atoms with Gasteiger partial charge < -0.3 is 25.4 Å². The molecule has 0 bridgehead atoms. The summed E-state index contributed by atoms with van der Waals surface area (Å²) in [5.41, 5.74) is 5.44. The predicted molar refractivity (Wildman–Crippen MR) is 167 cm³/mol. The molecule has 2 aromatic carbocycles. The Kier molecular flexibility index (Phi) is 10.0. The van der Waals surface area contributed by atoms with E-state index in [4.69, 9.17) is 37.7 Å². The lowest BCUT2D eigenvalue weighted by atomic mass is 9.98. The zero-order chi connectivity index (χ0) is 30.3. The number of hydrogen-bond donors (Lipinski definition) is 3. The molecule has 1 fully saturated rings. The Labute approximate surface area is 260 Å². The Hall–Kier alpha value is -3.83. The second-order valence-electron chi connectivity index (χ2n) is 10.1. The van der Waals surface area contributed by atoms with Crippen molar-refractivity contribution in [3.8, 4) is 45.4 Å². The topological polar surface area (TPSA) is 123 Å². The third-order valence-corrected chi connectivity index (χ3v) is 8.09. The summed E-state index contributed by atoms with van der Waals surface area (Å²) in [7, 11) is 4.97. The van der Waals surface area contributed by atoms with Crippen molar-refractivity contribution in [3.63, 3.8) is 0 Å². The first-order chi connectivity index (χ1) is 20.9. The first kappa shape index (κ1) is 30.6. The fourth-order valence-electron chi connectivity index (χ4n) is 5.05. The van der Waals surface area contributed by atoms with Gasteiger partial charge in [-0.05, 0) is 25.9 Å². The number of carbonyl (C=O) groups is 1. The number of nitrogens with zero attached hydrogens (tertiary/aromatic N) is 4. The minimum atomic E-state index is 0.121. The molecule has 224 valence electrons. The number of ether oxygens (including phenoxy) is 2. The summed E-state index contributed by atoms with van der Waals surface area (Å²) in [4.78, 5) is 29.9. The van der Waals surface area contributed by atoms with Gasteiger partial charge in [0.1, 0.15) is 11.4 Å². The molecule has 4 aromatic rings. The second kappa shape index (κ2) is 14.1. The molecule has 1 aliphatic rings. The van der Waals surface area contributed by atoms with Crippen LogP contribution in [-0.2, 0) is 17.9 Å². The van der Waals surface area contributed by atoms with E-state index in [9.17, 15) is 4.79 Å².